The fraction of sp³-hybridized carbons (Fsp3) is 0.467. The van der Waals surface area contributed by atoms with E-state index in [1.165, 1.54) is 6.07 Å². The second kappa shape index (κ2) is 6.67. The molecule has 0 spiro atoms. The highest BCUT2D eigenvalue weighted by Gasteiger charge is 2.30. The number of rotatable bonds is 5. The first kappa shape index (κ1) is 17.4. The van der Waals surface area contributed by atoms with Crippen molar-refractivity contribution < 1.29 is 13.2 Å². The van der Waals surface area contributed by atoms with E-state index in [1.807, 2.05) is 6.92 Å². The maximum atomic E-state index is 12.2. The van der Waals surface area contributed by atoms with Crippen LogP contribution in [0.15, 0.2) is 34.2 Å². The minimum atomic E-state index is -3.56. The van der Waals surface area contributed by atoms with Crippen LogP contribution in [0.4, 0.5) is 0 Å². The second-order valence-corrected chi connectivity index (χ2v) is 7.37. The number of carbonyl (C=O) groups is 1. The third-order valence-corrected chi connectivity index (χ3v) is 5.28. The summed E-state index contributed by atoms with van der Waals surface area (Å²) in [6.07, 6.45) is 0.189. The van der Waals surface area contributed by atoms with E-state index in [4.69, 9.17) is 5.73 Å². The van der Waals surface area contributed by atoms with Gasteiger partial charge in [-0.3, -0.25) is 14.5 Å². The maximum absolute atomic E-state index is 12.2. The molecule has 1 aliphatic rings. The zero-order chi connectivity index (χ0) is 17.2. The number of amidine groups is 1. The molecule has 1 amide bonds. The summed E-state index contributed by atoms with van der Waals surface area (Å²) >= 11 is 0. The van der Waals surface area contributed by atoms with Crippen molar-refractivity contribution >= 4 is 21.8 Å². The van der Waals surface area contributed by atoms with E-state index in [9.17, 15) is 13.2 Å². The van der Waals surface area contributed by atoms with Gasteiger partial charge in [0.25, 0.3) is 10.0 Å². The molecule has 0 fully saturated rings. The van der Waals surface area contributed by atoms with Gasteiger partial charge < -0.3 is 10.6 Å². The summed E-state index contributed by atoms with van der Waals surface area (Å²) in [6.45, 7) is 4.04. The highest BCUT2D eigenvalue weighted by Crippen LogP contribution is 2.22. The molecule has 0 bridgehead atoms. The number of hydrogen-bond acceptors (Lipinski definition) is 5. The molecule has 2 unspecified atom stereocenters. The number of sulfonamides is 1. The molecule has 0 aliphatic carbocycles. The van der Waals surface area contributed by atoms with Crippen molar-refractivity contribution in [3.63, 3.8) is 0 Å². The number of fused-ring (bicyclic) bond motifs is 1. The summed E-state index contributed by atoms with van der Waals surface area (Å²) in [5.74, 6) is 0.212. The van der Waals surface area contributed by atoms with Crippen LogP contribution in [0, 0.1) is 0 Å². The van der Waals surface area contributed by atoms with Gasteiger partial charge >= 0.3 is 0 Å². The number of nitrogens with zero attached hydrogens (tertiary/aromatic N) is 2. The number of benzene rings is 1. The molecule has 7 nitrogen and oxygen atoms in total. The lowest BCUT2D eigenvalue weighted by Gasteiger charge is -2.24. The molecule has 23 heavy (non-hydrogen) atoms. The van der Waals surface area contributed by atoms with Crippen molar-refractivity contribution in [3.05, 3.63) is 29.8 Å². The van der Waals surface area contributed by atoms with Crippen molar-refractivity contribution in [3.8, 4) is 0 Å². The van der Waals surface area contributed by atoms with Crippen molar-refractivity contribution in [1.29, 1.82) is 0 Å². The Morgan fingerprint density at radius 3 is 2.65 bits per heavy atom. The Bertz CT molecular complexity index is 730. The van der Waals surface area contributed by atoms with Crippen LogP contribution in [0.5, 0.6) is 0 Å². The van der Waals surface area contributed by atoms with E-state index in [0.717, 1.165) is 0 Å². The molecule has 0 saturated heterocycles. The molecule has 1 aromatic carbocycles. The number of carbonyl (C=O) groups excluding carboxylic acids is 1. The molecular weight excluding hydrogens is 316 g/mol. The maximum Gasteiger partial charge on any atom is 0.263 e. The SMILES string of the molecule is CC(CC(=O)N(C)C(C)CN)N=C1NS(=O)(=O)c2ccccc21. The molecule has 0 radical (unpaired) electrons. The molecule has 2 atom stereocenters. The first-order valence-corrected chi connectivity index (χ1v) is 8.90. The molecule has 1 aliphatic heterocycles. The third kappa shape index (κ3) is 3.70. The molecule has 0 saturated carbocycles. The largest absolute Gasteiger partial charge is 0.342 e. The molecule has 8 heteroatoms. The lowest BCUT2D eigenvalue weighted by Crippen LogP contribution is -2.40. The summed E-state index contributed by atoms with van der Waals surface area (Å²) in [4.78, 5) is 18.3. The number of hydrogen-bond donors (Lipinski definition) is 2. The van der Waals surface area contributed by atoms with Gasteiger partial charge in [-0.2, -0.15) is 0 Å². The van der Waals surface area contributed by atoms with Crippen LogP contribution in [0.25, 0.3) is 0 Å². The Morgan fingerprint density at radius 2 is 2.00 bits per heavy atom. The van der Waals surface area contributed by atoms with Crippen LogP contribution in [0.2, 0.25) is 0 Å². The highest BCUT2D eigenvalue weighted by molar-refractivity contribution is 7.90. The Morgan fingerprint density at radius 1 is 1.35 bits per heavy atom. The van der Waals surface area contributed by atoms with Gasteiger partial charge in [-0.15, -0.1) is 0 Å². The lowest BCUT2D eigenvalue weighted by molar-refractivity contribution is -0.131. The van der Waals surface area contributed by atoms with E-state index in [2.05, 4.69) is 9.71 Å². The average Bonchev–Trinajstić information content (AvgIpc) is 2.76. The number of likely N-dealkylation sites (N-methyl/N-ethyl adjacent to an activating group) is 1. The van der Waals surface area contributed by atoms with Crippen molar-refractivity contribution in [2.24, 2.45) is 10.7 Å². The normalized spacial score (nSPS) is 19.7. The molecule has 1 aromatic rings. The van der Waals surface area contributed by atoms with Gasteiger partial charge in [-0.25, -0.2) is 8.42 Å². The number of nitrogens with one attached hydrogen (secondary N) is 1. The van der Waals surface area contributed by atoms with E-state index < -0.39 is 10.0 Å². The summed E-state index contributed by atoms with van der Waals surface area (Å²) in [7, 11) is -1.85. The highest BCUT2D eigenvalue weighted by atomic mass is 32.2. The van der Waals surface area contributed by atoms with Gasteiger partial charge in [0.1, 0.15) is 5.84 Å². The summed E-state index contributed by atoms with van der Waals surface area (Å²) < 4.78 is 26.5. The molecular formula is C15H22N4O3S. The first-order valence-electron chi connectivity index (χ1n) is 7.42. The van der Waals surface area contributed by atoms with Crippen molar-refractivity contribution in [2.45, 2.75) is 37.2 Å². The van der Waals surface area contributed by atoms with Gasteiger partial charge in [0.15, 0.2) is 0 Å². The van der Waals surface area contributed by atoms with E-state index in [0.29, 0.717) is 12.1 Å². The second-order valence-electron chi connectivity index (χ2n) is 5.72. The van der Waals surface area contributed by atoms with Gasteiger partial charge in [-0.1, -0.05) is 12.1 Å². The van der Waals surface area contributed by atoms with E-state index >= 15 is 0 Å². The van der Waals surface area contributed by atoms with Crippen LogP contribution in [-0.2, 0) is 14.8 Å². The fourth-order valence-corrected chi connectivity index (χ4v) is 3.54. The standard InChI is InChI=1S/C15H22N4O3S/c1-10(8-14(20)19(3)11(2)9-16)17-15-12-6-4-5-7-13(12)23(21,22)18-15/h4-7,10-11H,8-9,16H2,1-3H3,(H,17,18). The Balaban J connectivity index is 2.16. The third-order valence-electron chi connectivity index (χ3n) is 3.88. The Labute approximate surface area is 136 Å². The lowest BCUT2D eigenvalue weighted by atomic mass is 10.1. The summed E-state index contributed by atoms with van der Waals surface area (Å²) in [6, 6.07) is 6.25. The van der Waals surface area contributed by atoms with Gasteiger partial charge in [0.05, 0.1) is 10.9 Å². The van der Waals surface area contributed by atoms with Crippen LogP contribution >= 0.6 is 0 Å². The predicted octanol–water partition coefficient (Wildman–Crippen LogP) is 0.309. The molecule has 3 N–H and O–H groups in total. The summed E-state index contributed by atoms with van der Waals surface area (Å²) in [5, 5.41) is 0. The zero-order valence-corrected chi connectivity index (χ0v) is 14.3. The number of amides is 1. The first-order chi connectivity index (χ1) is 10.8. The zero-order valence-electron chi connectivity index (χ0n) is 13.5. The summed E-state index contributed by atoms with van der Waals surface area (Å²) in [5.41, 5.74) is 6.10. The van der Waals surface area contributed by atoms with E-state index in [-0.39, 0.29) is 35.1 Å². The molecule has 1 heterocycles. The number of nitrogens with two attached hydrogens (primary N) is 1. The van der Waals surface area contributed by atoms with Crippen LogP contribution < -0.4 is 10.5 Å². The van der Waals surface area contributed by atoms with Crippen molar-refractivity contribution in [2.75, 3.05) is 13.6 Å². The quantitative estimate of drug-likeness (QED) is 0.806. The molecule has 0 aromatic heterocycles. The minimum absolute atomic E-state index is 0.0481. The van der Waals surface area contributed by atoms with Crippen LogP contribution in [0.1, 0.15) is 25.8 Å². The fourth-order valence-electron chi connectivity index (χ4n) is 2.30. The van der Waals surface area contributed by atoms with Gasteiger partial charge in [-0.05, 0) is 26.0 Å². The van der Waals surface area contributed by atoms with Crippen LogP contribution in [0.3, 0.4) is 0 Å². The van der Waals surface area contributed by atoms with E-state index in [1.54, 1.807) is 37.1 Å². The van der Waals surface area contributed by atoms with Gasteiger partial charge in [0, 0.05) is 31.6 Å². The monoisotopic (exact) mass is 338 g/mol. The smallest absolute Gasteiger partial charge is 0.263 e. The van der Waals surface area contributed by atoms with Crippen molar-refractivity contribution in [1.82, 2.24) is 9.62 Å². The minimum Gasteiger partial charge on any atom is -0.342 e. The topological polar surface area (TPSA) is 105 Å². The Kier molecular flexibility index (Phi) is 5.06. The average molecular weight is 338 g/mol. The van der Waals surface area contributed by atoms with Crippen LogP contribution in [-0.4, -0.2) is 50.7 Å². The molecule has 2 rings (SSSR count). The van der Waals surface area contributed by atoms with Gasteiger partial charge in [0.2, 0.25) is 5.91 Å². The Hall–Kier alpha value is -1.93. The molecule has 126 valence electrons. The number of aliphatic imine (C=N–C) groups is 1. The predicted molar refractivity (Wildman–Crippen MR) is 88.7 cm³/mol.